The van der Waals surface area contributed by atoms with Gasteiger partial charge in [0.25, 0.3) is 0 Å². The van der Waals surface area contributed by atoms with E-state index in [2.05, 4.69) is 22.5 Å². The Morgan fingerprint density at radius 3 is 3.00 bits per heavy atom. The van der Waals surface area contributed by atoms with Crippen LogP contribution in [0.25, 0.3) is 4.96 Å². The van der Waals surface area contributed by atoms with Gasteiger partial charge >= 0.3 is 0 Å². The van der Waals surface area contributed by atoms with Crippen LogP contribution in [0.1, 0.15) is 19.5 Å². The molecule has 0 aliphatic carbocycles. The monoisotopic (exact) mass is 209 g/mol. The van der Waals surface area contributed by atoms with Crippen LogP contribution in [0.2, 0.25) is 0 Å². The first kappa shape index (κ1) is 9.68. The maximum atomic E-state index is 5.82. The molecule has 14 heavy (non-hydrogen) atoms. The van der Waals surface area contributed by atoms with Gasteiger partial charge in [-0.15, -0.1) is 11.3 Å². The zero-order valence-corrected chi connectivity index (χ0v) is 9.29. The third kappa shape index (κ3) is 1.81. The summed E-state index contributed by atoms with van der Waals surface area (Å²) in [4.78, 5) is 5.59. The lowest BCUT2D eigenvalue weighted by Crippen LogP contribution is -2.25. The van der Waals surface area contributed by atoms with E-state index in [9.17, 15) is 0 Å². The fourth-order valence-electron chi connectivity index (χ4n) is 1.39. The summed E-state index contributed by atoms with van der Waals surface area (Å²) in [6, 6.07) is 0.231. The normalized spacial score (nSPS) is 15.9. The summed E-state index contributed by atoms with van der Waals surface area (Å²) in [5, 5.41) is 2.04. The second kappa shape index (κ2) is 3.71. The molecular weight excluding hydrogens is 194 g/mol. The Hall–Kier alpha value is -0.870. The van der Waals surface area contributed by atoms with E-state index in [0.717, 1.165) is 17.1 Å². The number of nitrogens with zero attached hydrogens (tertiary/aromatic N) is 2. The number of thiazole rings is 1. The predicted molar refractivity (Wildman–Crippen MR) is 59.6 cm³/mol. The maximum Gasteiger partial charge on any atom is 0.193 e. The first-order chi connectivity index (χ1) is 6.66. The van der Waals surface area contributed by atoms with E-state index in [1.54, 1.807) is 11.3 Å². The lowest BCUT2D eigenvalue weighted by Gasteiger charge is -2.13. The van der Waals surface area contributed by atoms with Crippen molar-refractivity contribution in [2.24, 2.45) is 11.7 Å². The molecule has 2 aromatic heterocycles. The van der Waals surface area contributed by atoms with Crippen molar-refractivity contribution in [1.82, 2.24) is 9.38 Å². The van der Waals surface area contributed by atoms with Crippen LogP contribution >= 0.6 is 11.3 Å². The van der Waals surface area contributed by atoms with E-state index < -0.39 is 0 Å². The highest BCUT2D eigenvalue weighted by Crippen LogP contribution is 2.15. The molecule has 0 aliphatic rings. The zero-order valence-electron chi connectivity index (χ0n) is 8.47. The van der Waals surface area contributed by atoms with Gasteiger partial charge < -0.3 is 5.73 Å². The molecule has 0 aliphatic heterocycles. The number of fused-ring (bicyclic) bond motifs is 1. The fourth-order valence-corrected chi connectivity index (χ4v) is 2.11. The number of hydrogen-bond donors (Lipinski definition) is 1. The highest BCUT2D eigenvalue weighted by molar-refractivity contribution is 7.15. The topological polar surface area (TPSA) is 43.3 Å². The van der Waals surface area contributed by atoms with Crippen LogP contribution in [-0.2, 0) is 6.42 Å². The van der Waals surface area contributed by atoms with Gasteiger partial charge in [0.2, 0.25) is 0 Å². The van der Waals surface area contributed by atoms with Crippen molar-refractivity contribution in [3.63, 3.8) is 0 Å². The van der Waals surface area contributed by atoms with Gasteiger partial charge in [0, 0.05) is 23.8 Å². The van der Waals surface area contributed by atoms with E-state index in [0.29, 0.717) is 5.92 Å². The van der Waals surface area contributed by atoms with Crippen LogP contribution in [0, 0.1) is 5.92 Å². The maximum absolute atomic E-state index is 5.82. The Bertz CT molecular complexity index is 387. The van der Waals surface area contributed by atoms with Crippen molar-refractivity contribution >= 4 is 16.3 Å². The molecular formula is C10H15N3S. The molecule has 0 amide bonds. The highest BCUT2D eigenvalue weighted by Gasteiger charge is 2.11. The minimum Gasteiger partial charge on any atom is -0.328 e. The molecule has 0 bridgehead atoms. The molecule has 2 unspecified atom stereocenters. The molecule has 2 rings (SSSR count). The second-order valence-corrected chi connectivity index (χ2v) is 4.74. The second-order valence-electron chi connectivity index (χ2n) is 3.87. The molecule has 0 aromatic carbocycles. The summed E-state index contributed by atoms with van der Waals surface area (Å²) in [6.07, 6.45) is 5.09. The van der Waals surface area contributed by atoms with Crippen LogP contribution in [-0.4, -0.2) is 15.4 Å². The van der Waals surface area contributed by atoms with Crippen LogP contribution in [0.3, 0.4) is 0 Å². The van der Waals surface area contributed by atoms with Gasteiger partial charge in [0.15, 0.2) is 4.96 Å². The Balaban J connectivity index is 2.15. The number of aromatic nitrogens is 2. The Kier molecular flexibility index (Phi) is 2.56. The zero-order chi connectivity index (χ0) is 10.1. The average Bonchev–Trinajstić information content (AvgIpc) is 2.63. The molecule has 2 aromatic rings. The van der Waals surface area contributed by atoms with Gasteiger partial charge in [-0.05, 0) is 19.3 Å². The van der Waals surface area contributed by atoms with Crippen LogP contribution < -0.4 is 5.73 Å². The molecule has 2 atom stereocenters. The summed E-state index contributed by atoms with van der Waals surface area (Å²) in [5.41, 5.74) is 6.96. The van der Waals surface area contributed by atoms with E-state index in [1.807, 2.05) is 18.5 Å². The lowest BCUT2D eigenvalue weighted by molar-refractivity contribution is 0.478. The Morgan fingerprint density at radius 1 is 1.57 bits per heavy atom. The van der Waals surface area contributed by atoms with Gasteiger partial charge in [0.1, 0.15) is 0 Å². The summed E-state index contributed by atoms with van der Waals surface area (Å²) in [5.74, 6) is 0.486. The summed E-state index contributed by atoms with van der Waals surface area (Å²) in [7, 11) is 0. The lowest BCUT2D eigenvalue weighted by atomic mass is 9.99. The minimum atomic E-state index is 0.231. The minimum absolute atomic E-state index is 0.231. The van der Waals surface area contributed by atoms with E-state index in [1.165, 1.54) is 0 Å². The van der Waals surface area contributed by atoms with E-state index in [4.69, 9.17) is 5.73 Å². The molecule has 0 spiro atoms. The quantitative estimate of drug-likeness (QED) is 0.839. The predicted octanol–water partition coefficient (Wildman–Crippen LogP) is 1.92. The van der Waals surface area contributed by atoms with Crippen molar-refractivity contribution in [3.05, 3.63) is 23.5 Å². The highest BCUT2D eigenvalue weighted by atomic mass is 32.1. The number of imidazole rings is 1. The summed E-state index contributed by atoms with van der Waals surface area (Å²) < 4.78 is 2.06. The Labute approximate surface area is 87.6 Å². The number of rotatable bonds is 3. The fraction of sp³-hybridized carbons (Fsp3) is 0.500. The molecule has 76 valence electrons. The van der Waals surface area contributed by atoms with E-state index in [-0.39, 0.29) is 6.04 Å². The average molecular weight is 209 g/mol. The first-order valence-corrected chi connectivity index (χ1v) is 5.71. The summed E-state index contributed by atoms with van der Waals surface area (Å²) in [6.45, 7) is 4.21. The van der Waals surface area contributed by atoms with Crippen molar-refractivity contribution in [2.45, 2.75) is 26.3 Å². The molecule has 0 saturated heterocycles. The summed E-state index contributed by atoms with van der Waals surface area (Å²) >= 11 is 1.66. The molecule has 0 fully saturated rings. The molecule has 0 saturated carbocycles. The molecule has 4 heteroatoms. The van der Waals surface area contributed by atoms with Crippen molar-refractivity contribution in [2.75, 3.05) is 0 Å². The van der Waals surface area contributed by atoms with Crippen molar-refractivity contribution < 1.29 is 0 Å². The van der Waals surface area contributed by atoms with Crippen LogP contribution in [0.4, 0.5) is 0 Å². The third-order valence-electron chi connectivity index (χ3n) is 2.57. The van der Waals surface area contributed by atoms with Crippen LogP contribution in [0.5, 0.6) is 0 Å². The van der Waals surface area contributed by atoms with Gasteiger partial charge in [-0.1, -0.05) is 6.92 Å². The number of hydrogen-bond acceptors (Lipinski definition) is 3. The van der Waals surface area contributed by atoms with E-state index >= 15 is 0 Å². The van der Waals surface area contributed by atoms with Gasteiger partial charge in [-0.3, -0.25) is 4.40 Å². The standard InChI is InChI=1S/C10H15N3S/c1-7(8(2)11)5-9-6-13-3-4-14-10(13)12-9/h3-4,6-8H,5,11H2,1-2H3. The smallest absolute Gasteiger partial charge is 0.193 e. The Morgan fingerprint density at radius 2 is 2.36 bits per heavy atom. The van der Waals surface area contributed by atoms with Crippen molar-refractivity contribution in [1.29, 1.82) is 0 Å². The van der Waals surface area contributed by atoms with Crippen molar-refractivity contribution in [3.8, 4) is 0 Å². The third-order valence-corrected chi connectivity index (χ3v) is 3.34. The number of nitrogens with two attached hydrogens (primary N) is 1. The SMILES string of the molecule is CC(N)C(C)Cc1cn2ccsc2n1. The van der Waals surface area contributed by atoms with Gasteiger partial charge in [-0.2, -0.15) is 0 Å². The first-order valence-electron chi connectivity index (χ1n) is 4.83. The molecule has 3 nitrogen and oxygen atoms in total. The van der Waals surface area contributed by atoms with Gasteiger partial charge in [-0.25, -0.2) is 4.98 Å². The molecule has 2 heterocycles. The largest absolute Gasteiger partial charge is 0.328 e. The molecule has 0 radical (unpaired) electrons. The van der Waals surface area contributed by atoms with Crippen LogP contribution in [0.15, 0.2) is 17.8 Å². The molecule has 2 N–H and O–H groups in total. The van der Waals surface area contributed by atoms with Gasteiger partial charge in [0.05, 0.1) is 5.69 Å².